The number of hydrogen-bond donors (Lipinski definition) is 0. The Labute approximate surface area is 140 Å². The van der Waals surface area contributed by atoms with E-state index < -0.39 is 0 Å². The fourth-order valence-corrected chi connectivity index (χ4v) is 3.63. The number of fused-ring (bicyclic) bond motifs is 1. The van der Waals surface area contributed by atoms with E-state index in [1.165, 1.54) is 31.4 Å². The summed E-state index contributed by atoms with van der Waals surface area (Å²) in [4.78, 5) is 19.5. The molecule has 3 rings (SSSR count). The maximum atomic E-state index is 12.6. The lowest BCUT2D eigenvalue weighted by Gasteiger charge is -2.35. The van der Waals surface area contributed by atoms with Crippen LogP contribution < -0.4 is 4.90 Å². The van der Waals surface area contributed by atoms with Gasteiger partial charge >= 0.3 is 0 Å². The zero-order chi connectivity index (χ0) is 16.1. The average molecular weight is 315 g/mol. The lowest BCUT2D eigenvalue weighted by Crippen LogP contribution is -2.50. The van der Waals surface area contributed by atoms with Crippen molar-refractivity contribution in [1.29, 1.82) is 0 Å². The second-order valence-corrected chi connectivity index (χ2v) is 6.75. The zero-order valence-electron chi connectivity index (χ0n) is 14.3. The number of amides is 1. The van der Waals surface area contributed by atoms with Gasteiger partial charge in [0.05, 0.1) is 6.54 Å². The number of piperazine rings is 1. The first-order valence-electron chi connectivity index (χ1n) is 9.11. The van der Waals surface area contributed by atoms with Crippen molar-refractivity contribution in [3.63, 3.8) is 0 Å². The summed E-state index contributed by atoms with van der Waals surface area (Å²) < 4.78 is 0. The van der Waals surface area contributed by atoms with Crippen LogP contribution in [0.4, 0.5) is 5.69 Å². The average Bonchev–Trinajstić information content (AvgIpc) is 3.01. The minimum absolute atomic E-state index is 0.259. The van der Waals surface area contributed by atoms with Crippen molar-refractivity contribution in [3.8, 4) is 0 Å². The molecule has 2 aliphatic heterocycles. The fraction of sp³-hybridized carbons (Fsp3) is 0.632. The fourth-order valence-electron chi connectivity index (χ4n) is 3.63. The van der Waals surface area contributed by atoms with Crippen LogP contribution in [0.3, 0.4) is 0 Å². The third-order valence-electron chi connectivity index (χ3n) is 5.09. The molecular weight excluding hydrogens is 286 g/mol. The van der Waals surface area contributed by atoms with Crippen molar-refractivity contribution in [2.45, 2.75) is 32.6 Å². The highest BCUT2D eigenvalue weighted by Gasteiger charge is 2.26. The van der Waals surface area contributed by atoms with Gasteiger partial charge in [0, 0.05) is 38.4 Å². The van der Waals surface area contributed by atoms with Crippen LogP contribution in [0.1, 0.15) is 31.7 Å². The van der Waals surface area contributed by atoms with Crippen LogP contribution in [0.5, 0.6) is 0 Å². The molecule has 4 heteroatoms. The van der Waals surface area contributed by atoms with Crippen molar-refractivity contribution >= 4 is 11.6 Å². The summed E-state index contributed by atoms with van der Waals surface area (Å²) in [7, 11) is 0. The molecule has 23 heavy (non-hydrogen) atoms. The van der Waals surface area contributed by atoms with Crippen molar-refractivity contribution < 1.29 is 4.79 Å². The quantitative estimate of drug-likeness (QED) is 0.754. The number of rotatable bonds is 6. The molecule has 2 aliphatic rings. The van der Waals surface area contributed by atoms with Crippen molar-refractivity contribution in [1.82, 2.24) is 9.80 Å². The molecule has 0 atom stereocenters. The summed E-state index contributed by atoms with van der Waals surface area (Å²) in [6, 6.07) is 8.30. The number of benzene rings is 1. The van der Waals surface area contributed by atoms with Gasteiger partial charge in [-0.2, -0.15) is 0 Å². The van der Waals surface area contributed by atoms with E-state index in [-0.39, 0.29) is 5.91 Å². The number of nitrogens with zero attached hydrogens (tertiary/aromatic N) is 3. The third-order valence-corrected chi connectivity index (χ3v) is 5.09. The summed E-state index contributed by atoms with van der Waals surface area (Å²) in [5.74, 6) is 0.259. The summed E-state index contributed by atoms with van der Waals surface area (Å²) in [6.07, 6.45) is 4.91. The number of carbonyl (C=O) groups excluding carboxylic acids is 1. The SMILES string of the molecule is CCCCCN1CCN(CC(=O)N2CCc3ccccc32)CC1. The molecule has 2 heterocycles. The van der Waals surface area contributed by atoms with Crippen molar-refractivity contribution in [2.24, 2.45) is 0 Å². The Hall–Kier alpha value is -1.39. The highest BCUT2D eigenvalue weighted by atomic mass is 16.2. The van der Waals surface area contributed by atoms with Gasteiger partial charge in [-0.25, -0.2) is 0 Å². The Bertz CT molecular complexity index is 523. The van der Waals surface area contributed by atoms with E-state index in [2.05, 4.69) is 34.9 Å². The van der Waals surface area contributed by atoms with Gasteiger partial charge in [0.1, 0.15) is 0 Å². The highest BCUT2D eigenvalue weighted by molar-refractivity contribution is 5.96. The molecule has 0 N–H and O–H groups in total. The minimum atomic E-state index is 0.259. The van der Waals surface area contributed by atoms with Gasteiger partial charge in [-0.3, -0.25) is 9.69 Å². The Balaban J connectivity index is 1.45. The summed E-state index contributed by atoms with van der Waals surface area (Å²) >= 11 is 0. The van der Waals surface area contributed by atoms with Gasteiger partial charge in [0.25, 0.3) is 0 Å². The van der Waals surface area contributed by atoms with E-state index in [0.29, 0.717) is 6.54 Å². The molecule has 0 aliphatic carbocycles. The van der Waals surface area contributed by atoms with Crippen LogP contribution in [0.25, 0.3) is 0 Å². The molecule has 0 saturated carbocycles. The van der Waals surface area contributed by atoms with Gasteiger partial charge < -0.3 is 9.80 Å². The molecular formula is C19H29N3O. The zero-order valence-corrected chi connectivity index (χ0v) is 14.3. The predicted octanol–water partition coefficient (Wildman–Crippen LogP) is 2.38. The summed E-state index contributed by atoms with van der Waals surface area (Å²) in [5, 5.41) is 0. The molecule has 4 nitrogen and oxygen atoms in total. The first-order valence-corrected chi connectivity index (χ1v) is 9.11. The number of carbonyl (C=O) groups is 1. The Morgan fingerprint density at radius 1 is 1.00 bits per heavy atom. The van der Waals surface area contributed by atoms with E-state index in [1.807, 2.05) is 11.0 Å². The second kappa shape index (κ2) is 7.93. The maximum Gasteiger partial charge on any atom is 0.241 e. The maximum absolute atomic E-state index is 12.6. The highest BCUT2D eigenvalue weighted by Crippen LogP contribution is 2.27. The lowest BCUT2D eigenvalue weighted by atomic mass is 10.2. The molecule has 0 spiro atoms. The Morgan fingerprint density at radius 3 is 2.52 bits per heavy atom. The van der Waals surface area contributed by atoms with E-state index in [4.69, 9.17) is 0 Å². The molecule has 1 aromatic rings. The summed E-state index contributed by atoms with van der Waals surface area (Å²) in [6.45, 7) is 9.13. The standard InChI is InChI=1S/C19H29N3O/c1-2-3-6-10-20-12-14-21(15-13-20)16-19(23)22-11-9-17-7-4-5-8-18(17)22/h4-5,7-8H,2-3,6,9-16H2,1H3. The minimum Gasteiger partial charge on any atom is -0.311 e. The lowest BCUT2D eigenvalue weighted by molar-refractivity contribution is -0.120. The number of unbranched alkanes of at least 4 members (excludes halogenated alkanes) is 2. The van der Waals surface area contributed by atoms with Gasteiger partial charge in [0.15, 0.2) is 0 Å². The van der Waals surface area contributed by atoms with Gasteiger partial charge in [-0.1, -0.05) is 38.0 Å². The molecule has 0 radical (unpaired) electrons. The van der Waals surface area contributed by atoms with Crippen molar-refractivity contribution in [2.75, 3.05) is 50.7 Å². The van der Waals surface area contributed by atoms with Crippen LogP contribution in [0, 0.1) is 0 Å². The van der Waals surface area contributed by atoms with Gasteiger partial charge in [-0.15, -0.1) is 0 Å². The van der Waals surface area contributed by atoms with Crippen LogP contribution in [-0.4, -0.2) is 61.5 Å². The van der Waals surface area contributed by atoms with E-state index in [1.54, 1.807) is 0 Å². The van der Waals surface area contributed by atoms with Crippen molar-refractivity contribution in [3.05, 3.63) is 29.8 Å². The third kappa shape index (κ3) is 4.12. The van der Waals surface area contributed by atoms with Crippen LogP contribution in [0.15, 0.2) is 24.3 Å². The van der Waals surface area contributed by atoms with E-state index >= 15 is 0 Å². The number of para-hydroxylation sites is 1. The normalized spacial score (nSPS) is 19.1. The molecule has 0 bridgehead atoms. The van der Waals surface area contributed by atoms with Crippen LogP contribution >= 0.6 is 0 Å². The molecule has 0 aromatic heterocycles. The molecule has 1 saturated heterocycles. The largest absolute Gasteiger partial charge is 0.311 e. The van der Waals surface area contributed by atoms with E-state index in [0.717, 1.165) is 44.8 Å². The van der Waals surface area contributed by atoms with Gasteiger partial charge in [0.2, 0.25) is 5.91 Å². The van der Waals surface area contributed by atoms with Crippen LogP contribution in [0.2, 0.25) is 0 Å². The first kappa shape index (κ1) is 16.5. The Kier molecular flexibility index (Phi) is 5.68. The Morgan fingerprint density at radius 2 is 1.74 bits per heavy atom. The molecule has 1 fully saturated rings. The second-order valence-electron chi connectivity index (χ2n) is 6.75. The van der Waals surface area contributed by atoms with Gasteiger partial charge in [-0.05, 0) is 31.0 Å². The number of anilines is 1. The van der Waals surface area contributed by atoms with Crippen LogP contribution in [-0.2, 0) is 11.2 Å². The molecule has 126 valence electrons. The smallest absolute Gasteiger partial charge is 0.241 e. The molecule has 1 aromatic carbocycles. The number of hydrogen-bond acceptors (Lipinski definition) is 3. The topological polar surface area (TPSA) is 26.8 Å². The monoisotopic (exact) mass is 315 g/mol. The molecule has 1 amide bonds. The van der Waals surface area contributed by atoms with E-state index in [9.17, 15) is 4.79 Å². The molecule has 0 unspecified atom stereocenters. The summed E-state index contributed by atoms with van der Waals surface area (Å²) in [5.41, 5.74) is 2.43. The first-order chi connectivity index (χ1) is 11.3. The predicted molar refractivity (Wildman–Crippen MR) is 94.9 cm³/mol.